The van der Waals surface area contributed by atoms with Crippen molar-refractivity contribution >= 4 is 17.3 Å². The Morgan fingerprint density at radius 3 is 2.75 bits per heavy atom. The van der Waals surface area contributed by atoms with Gasteiger partial charge in [-0.1, -0.05) is 25.4 Å². The zero-order valence-electron chi connectivity index (χ0n) is 11.8. The van der Waals surface area contributed by atoms with E-state index >= 15 is 0 Å². The summed E-state index contributed by atoms with van der Waals surface area (Å²) in [6, 6.07) is 7.61. The number of rotatable bonds is 6. The molecule has 0 aliphatic heterocycles. The van der Waals surface area contributed by atoms with Crippen LogP contribution in [0.15, 0.2) is 30.5 Å². The van der Waals surface area contributed by atoms with E-state index in [0.717, 1.165) is 18.5 Å². The van der Waals surface area contributed by atoms with Crippen molar-refractivity contribution < 1.29 is 4.74 Å². The SMILES string of the molecule is CCC(CC)n1ccc(COc2cc(Cl)ccc2N)n1. The number of hydrogen-bond donors (Lipinski definition) is 1. The normalized spacial score (nSPS) is 11.0. The standard InChI is InChI=1S/C15H20ClN3O/c1-3-13(4-2)19-8-7-12(18-19)10-20-15-9-11(16)5-6-14(15)17/h5-9,13H,3-4,10,17H2,1-2H3. The van der Waals surface area contributed by atoms with Crippen molar-refractivity contribution in [3.05, 3.63) is 41.2 Å². The van der Waals surface area contributed by atoms with Crippen molar-refractivity contribution in [2.24, 2.45) is 0 Å². The van der Waals surface area contributed by atoms with E-state index in [2.05, 4.69) is 18.9 Å². The summed E-state index contributed by atoms with van der Waals surface area (Å²) >= 11 is 5.93. The summed E-state index contributed by atoms with van der Waals surface area (Å²) in [7, 11) is 0. The summed E-state index contributed by atoms with van der Waals surface area (Å²) in [6.07, 6.45) is 4.14. The van der Waals surface area contributed by atoms with Crippen LogP contribution < -0.4 is 10.5 Å². The quantitative estimate of drug-likeness (QED) is 0.817. The third-order valence-electron chi connectivity index (χ3n) is 3.33. The molecule has 0 saturated carbocycles. The fraction of sp³-hybridized carbons (Fsp3) is 0.400. The largest absolute Gasteiger partial charge is 0.485 e. The Bertz CT molecular complexity index is 564. The van der Waals surface area contributed by atoms with Gasteiger partial charge in [-0.05, 0) is 31.0 Å². The van der Waals surface area contributed by atoms with Crippen LogP contribution in [-0.2, 0) is 6.61 Å². The molecule has 0 fully saturated rings. The molecule has 2 aromatic rings. The molecule has 1 aromatic carbocycles. The van der Waals surface area contributed by atoms with E-state index < -0.39 is 0 Å². The van der Waals surface area contributed by atoms with Gasteiger partial charge in [-0.3, -0.25) is 4.68 Å². The molecule has 0 spiro atoms. The monoisotopic (exact) mass is 293 g/mol. The fourth-order valence-corrected chi connectivity index (χ4v) is 2.27. The lowest BCUT2D eigenvalue weighted by atomic mass is 10.2. The molecule has 2 N–H and O–H groups in total. The molecule has 0 saturated heterocycles. The van der Waals surface area contributed by atoms with Crippen molar-refractivity contribution in [1.29, 1.82) is 0 Å². The van der Waals surface area contributed by atoms with Crippen molar-refractivity contribution in [3.8, 4) is 5.75 Å². The summed E-state index contributed by atoms with van der Waals surface area (Å²) in [5.41, 5.74) is 7.30. The summed E-state index contributed by atoms with van der Waals surface area (Å²) in [4.78, 5) is 0. The first-order chi connectivity index (χ1) is 9.63. The molecule has 1 aromatic heterocycles. The molecule has 1 heterocycles. The minimum atomic E-state index is 0.387. The Balaban J connectivity index is 2.02. The topological polar surface area (TPSA) is 53.1 Å². The van der Waals surface area contributed by atoms with E-state index in [4.69, 9.17) is 22.1 Å². The first-order valence-electron chi connectivity index (χ1n) is 6.85. The van der Waals surface area contributed by atoms with Crippen molar-refractivity contribution in [1.82, 2.24) is 9.78 Å². The first kappa shape index (κ1) is 14.7. The Hall–Kier alpha value is -1.68. The minimum Gasteiger partial charge on any atom is -0.485 e. The van der Waals surface area contributed by atoms with E-state index in [-0.39, 0.29) is 0 Å². The van der Waals surface area contributed by atoms with E-state index in [1.54, 1.807) is 18.2 Å². The lowest BCUT2D eigenvalue weighted by Crippen LogP contribution is -2.08. The van der Waals surface area contributed by atoms with Crippen LogP contribution in [0.5, 0.6) is 5.75 Å². The number of nitrogens with zero attached hydrogens (tertiary/aromatic N) is 2. The number of hydrogen-bond acceptors (Lipinski definition) is 3. The minimum absolute atomic E-state index is 0.387. The Kier molecular flexibility index (Phi) is 4.90. The van der Waals surface area contributed by atoms with Gasteiger partial charge in [0.05, 0.1) is 17.4 Å². The van der Waals surface area contributed by atoms with Crippen molar-refractivity contribution in [2.45, 2.75) is 39.3 Å². The third kappa shape index (κ3) is 3.45. The lowest BCUT2D eigenvalue weighted by molar-refractivity contribution is 0.299. The van der Waals surface area contributed by atoms with Gasteiger partial charge in [0.15, 0.2) is 0 Å². The van der Waals surface area contributed by atoms with Crippen LogP contribution in [0.2, 0.25) is 5.02 Å². The van der Waals surface area contributed by atoms with E-state index in [0.29, 0.717) is 29.1 Å². The maximum absolute atomic E-state index is 5.93. The highest BCUT2D eigenvalue weighted by Gasteiger charge is 2.09. The molecule has 2 rings (SSSR count). The average molecular weight is 294 g/mol. The van der Waals surface area contributed by atoms with Crippen LogP contribution in [-0.4, -0.2) is 9.78 Å². The van der Waals surface area contributed by atoms with Crippen LogP contribution in [0.25, 0.3) is 0 Å². The molecule has 0 bridgehead atoms. The molecule has 0 aliphatic carbocycles. The van der Waals surface area contributed by atoms with Crippen LogP contribution in [0.1, 0.15) is 38.4 Å². The summed E-state index contributed by atoms with van der Waals surface area (Å²) in [5.74, 6) is 0.592. The molecule has 4 nitrogen and oxygen atoms in total. The van der Waals surface area contributed by atoms with Gasteiger partial charge in [0.1, 0.15) is 12.4 Å². The van der Waals surface area contributed by atoms with E-state index in [9.17, 15) is 0 Å². The van der Waals surface area contributed by atoms with Crippen LogP contribution >= 0.6 is 11.6 Å². The fourth-order valence-electron chi connectivity index (χ4n) is 2.11. The highest BCUT2D eigenvalue weighted by atomic mass is 35.5. The van der Waals surface area contributed by atoms with Gasteiger partial charge in [0, 0.05) is 17.3 Å². The second-order valence-corrected chi connectivity index (χ2v) is 5.16. The molecule has 0 amide bonds. The van der Waals surface area contributed by atoms with Gasteiger partial charge < -0.3 is 10.5 Å². The van der Waals surface area contributed by atoms with Crippen LogP contribution in [0.4, 0.5) is 5.69 Å². The Labute approximate surface area is 124 Å². The molecular formula is C15H20ClN3O. The zero-order chi connectivity index (χ0) is 14.5. The number of benzene rings is 1. The smallest absolute Gasteiger partial charge is 0.144 e. The summed E-state index contributed by atoms with van der Waals surface area (Å²) in [6.45, 7) is 4.72. The number of nitrogens with two attached hydrogens (primary N) is 1. The number of aromatic nitrogens is 2. The Morgan fingerprint density at radius 1 is 1.30 bits per heavy atom. The van der Waals surface area contributed by atoms with Crippen LogP contribution in [0, 0.1) is 0 Å². The third-order valence-corrected chi connectivity index (χ3v) is 3.57. The van der Waals surface area contributed by atoms with Gasteiger partial charge in [0.25, 0.3) is 0 Å². The van der Waals surface area contributed by atoms with Gasteiger partial charge in [-0.2, -0.15) is 5.10 Å². The van der Waals surface area contributed by atoms with Gasteiger partial charge in [-0.25, -0.2) is 0 Å². The van der Waals surface area contributed by atoms with Gasteiger partial charge >= 0.3 is 0 Å². The average Bonchev–Trinajstić information content (AvgIpc) is 2.90. The second-order valence-electron chi connectivity index (χ2n) is 4.73. The molecule has 0 radical (unpaired) electrons. The van der Waals surface area contributed by atoms with Gasteiger partial charge in [-0.15, -0.1) is 0 Å². The lowest BCUT2D eigenvalue weighted by Gasteiger charge is -2.12. The molecule has 0 unspecified atom stereocenters. The Morgan fingerprint density at radius 2 is 2.05 bits per heavy atom. The summed E-state index contributed by atoms with van der Waals surface area (Å²) < 4.78 is 7.68. The van der Waals surface area contributed by atoms with Gasteiger partial charge in [0.2, 0.25) is 0 Å². The zero-order valence-corrected chi connectivity index (χ0v) is 12.6. The highest BCUT2D eigenvalue weighted by Crippen LogP contribution is 2.26. The molecule has 5 heteroatoms. The predicted octanol–water partition coefficient (Wildman–Crippen LogP) is 4.06. The summed E-state index contributed by atoms with van der Waals surface area (Å²) in [5, 5.41) is 5.15. The maximum atomic E-state index is 5.93. The second kappa shape index (κ2) is 6.66. The molecule has 0 atom stereocenters. The number of ether oxygens (including phenoxy) is 1. The van der Waals surface area contributed by atoms with E-state index in [1.165, 1.54) is 0 Å². The molecule has 0 aliphatic rings. The van der Waals surface area contributed by atoms with Crippen molar-refractivity contribution in [3.63, 3.8) is 0 Å². The molecule has 108 valence electrons. The highest BCUT2D eigenvalue weighted by molar-refractivity contribution is 6.30. The molecular weight excluding hydrogens is 274 g/mol. The number of nitrogen functional groups attached to an aromatic ring is 1. The van der Waals surface area contributed by atoms with E-state index in [1.807, 2.05) is 16.9 Å². The maximum Gasteiger partial charge on any atom is 0.144 e. The molecule has 20 heavy (non-hydrogen) atoms. The number of anilines is 1. The first-order valence-corrected chi connectivity index (χ1v) is 7.23. The van der Waals surface area contributed by atoms with Crippen molar-refractivity contribution in [2.75, 3.05) is 5.73 Å². The predicted molar refractivity (Wildman–Crippen MR) is 82.0 cm³/mol. The number of halogens is 1. The van der Waals surface area contributed by atoms with Crippen LogP contribution in [0.3, 0.4) is 0 Å².